The molecule has 0 spiro atoms. The number of fused-ring (bicyclic) bond motifs is 3. The second-order valence-corrected chi connectivity index (χ2v) is 7.19. The molecule has 0 saturated carbocycles. The maximum absolute atomic E-state index is 12.4. The summed E-state index contributed by atoms with van der Waals surface area (Å²) >= 11 is 0. The molecule has 0 unspecified atom stereocenters. The second kappa shape index (κ2) is 10.4. The number of nitrogens with one attached hydrogen (secondary N) is 1. The van der Waals surface area contributed by atoms with E-state index >= 15 is 0 Å². The van der Waals surface area contributed by atoms with Gasteiger partial charge >= 0.3 is 18.0 Å². The lowest BCUT2D eigenvalue weighted by atomic mass is 9.98. The van der Waals surface area contributed by atoms with Crippen molar-refractivity contribution in [3.05, 3.63) is 71.8 Å². The number of amides is 1. The third-order valence-electron chi connectivity index (χ3n) is 5.18. The quantitative estimate of drug-likeness (QED) is 0.469. The van der Waals surface area contributed by atoms with Gasteiger partial charge in [0, 0.05) is 12.3 Å². The second-order valence-electron chi connectivity index (χ2n) is 7.19. The van der Waals surface area contributed by atoms with Crippen LogP contribution in [0.15, 0.2) is 60.7 Å². The fraction of sp³-hybridized carbons (Fsp3) is 0.292. The van der Waals surface area contributed by atoms with Crippen molar-refractivity contribution in [1.29, 1.82) is 0 Å². The molecule has 7 nitrogen and oxygen atoms in total. The Morgan fingerprint density at radius 2 is 1.65 bits per heavy atom. The third kappa shape index (κ3) is 5.51. The molecule has 1 aliphatic carbocycles. The molecule has 3 rings (SSSR count). The average molecular weight is 423 g/mol. The molecule has 1 atom stereocenters. The first kappa shape index (κ1) is 22.1. The van der Waals surface area contributed by atoms with Crippen LogP contribution >= 0.6 is 0 Å². The SMILES string of the molecule is COC(=O)[C@H](C/C=C\CCC(=O)O)NC(=O)OCC1c2ccccc2-c2ccccc21. The van der Waals surface area contributed by atoms with Crippen LogP contribution in [-0.4, -0.2) is 42.9 Å². The summed E-state index contributed by atoms with van der Waals surface area (Å²) in [6.45, 7) is 0.141. The third-order valence-corrected chi connectivity index (χ3v) is 5.18. The minimum absolute atomic E-state index is 0.000796. The van der Waals surface area contributed by atoms with Crippen molar-refractivity contribution >= 4 is 18.0 Å². The number of methoxy groups -OCH3 is 1. The Labute approximate surface area is 180 Å². The normalized spacial score (nSPS) is 13.3. The monoisotopic (exact) mass is 423 g/mol. The van der Waals surface area contributed by atoms with E-state index in [0.717, 1.165) is 22.3 Å². The van der Waals surface area contributed by atoms with E-state index in [2.05, 4.69) is 17.4 Å². The molecule has 2 N–H and O–H groups in total. The summed E-state index contributed by atoms with van der Waals surface area (Å²) < 4.78 is 10.2. The number of aliphatic carboxylic acids is 1. The van der Waals surface area contributed by atoms with Gasteiger partial charge in [0.25, 0.3) is 0 Å². The highest BCUT2D eigenvalue weighted by molar-refractivity contribution is 5.82. The lowest BCUT2D eigenvalue weighted by Gasteiger charge is -2.17. The summed E-state index contributed by atoms with van der Waals surface area (Å²) in [4.78, 5) is 34.9. The molecule has 0 heterocycles. The van der Waals surface area contributed by atoms with E-state index in [1.807, 2.05) is 36.4 Å². The lowest BCUT2D eigenvalue weighted by molar-refractivity contribution is -0.143. The number of hydrogen-bond donors (Lipinski definition) is 2. The maximum atomic E-state index is 12.4. The van der Waals surface area contributed by atoms with Gasteiger partial charge in [0.1, 0.15) is 12.6 Å². The zero-order valence-electron chi connectivity index (χ0n) is 17.2. The van der Waals surface area contributed by atoms with Gasteiger partial charge in [0.15, 0.2) is 0 Å². The lowest BCUT2D eigenvalue weighted by Crippen LogP contribution is -2.41. The van der Waals surface area contributed by atoms with Crippen molar-refractivity contribution in [2.75, 3.05) is 13.7 Å². The summed E-state index contributed by atoms with van der Waals surface area (Å²) in [5.74, 6) is -1.58. The number of carboxylic acid groups (broad SMARTS) is 1. The van der Waals surface area contributed by atoms with Crippen LogP contribution in [0.5, 0.6) is 0 Å². The molecule has 0 bridgehead atoms. The summed E-state index contributed by atoms with van der Waals surface area (Å²) in [5.41, 5.74) is 4.46. The van der Waals surface area contributed by atoms with Gasteiger partial charge in [-0.3, -0.25) is 4.79 Å². The van der Waals surface area contributed by atoms with E-state index < -0.39 is 24.1 Å². The van der Waals surface area contributed by atoms with Crippen LogP contribution < -0.4 is 5.32 Å². The van der Waals surface area contributed by atoms with Crippen LogP contribution in [0.1, 0.15) is 36.3 Å². The first-order valence-corrected chi connectivity index (χ1v) is 10.1. The van der Waals surface area contributed by atoms with E-state index in [-0.39, 0.29) is 25.4 Å². The van der Waals surface area contributed by atoms with Gasteiger partial charge in [0.2, 0.25) is 0 Å². The van der Waals surface area contributed by atoms with Crippen LogP contribution in [0.25, 0.3) is 11.1 Å². The predicted octanol–water partition coefficient (Wildman–Crippen LogP) is 3.88. The Morgan fingerprint density at radius 3 is 2.23 bits per heavy atom. The van der Waals surface area contributed by atoms with E-state index in [1.165, 1.54) is 7.11 Å². The Bertz CT molecular complexity index is 938. The Morgan fingerprint density at radius 1 is 1.03 bits per heavy atom. The van der Waals surface area contributed by atoms with Gasteiger partial charge in [-0.1, -0.05) is 60.7 Å². The topological polar surface area (TPSA) is 102 Å². The first-order valence-electron chi connectivity index (χ1n) is 10.1. The minimum Gasteiger partial charge on any atom is -0.481 e. The smallest absolute Gasteiger partial charge is 0.407 e. The zero-order valence-corrected chi connectivity index (χ0v) is 17.2. The molecular weight excluding hydrogens is 398 g/mol. The summed E-state index contributed by atoms with van der Waals surface area (Å²) in [5, 5.41) is 11.2. The molecule has 31 heavy (non-hydrogen) atoms. The number of ether oxygens (including phenoxy) is 2. The molecule has 2 aromatic rings. The number of esters is 1. The van der Waals surface area contributed by atoms with Crippen molar-refractivity contribution in [3.8, 4) is 11.1 Å². The van der Waals surface area contributed by atoms with Crippen molar-refractivity contribution in [2.45, 2.75) is 31.2 Å². The van der Waals surface area contributed by atoms with Crippen molar-refractivity contribution < 1.29 is 29.0 Å². The number of carboxylic acids is 1. The molecule has 0 aromatic heterocycles. The highest BCUT2D eigenvalue weighted by atomic mass is 16.6. The van der Waals surface area contributed by atoms with Gasteiger partial charge in [-0.15, -0.1) is 0 Å². The standard InChI is InChI=1S/C24H25NO6/c1-30-23(28)21(13-3-2-4-14-22(26)27)25-24(29)31-15-20-18-11-7-5-9-16(18)17-10-6-8-12-19(17)20/h2-3,5-12,20-21H,4,13-15H2,1H3,(H,25,29)(H,26,27)/b3-2-/t21-/m0/s1. The van der Waals surface area contributed by atoms with Gasteiger partial charge in [-0.2, -0.15) is 0 Å². The molecule has 162 valence electrons. The number of carbonyl (C=O) groups excluding carboxylic acids is 2. The Balaban J connectivity index is 1.60. The molecule has 0 saturated heterocycles. The minimum atomic E-state index is -0.915. The molecule has 7 heteroatoms. The van der Waals surface area contributed by atoms with E-state index in [1.54, 1.807) is 12.2 Å². The predicted molar refractivity (Wildman–Crippen MR) is 115 cm³/mol. The van der Waals surface area contributed by atoms with E-state index in [4.69, 9.17) is 14.6 Å². The first-order chi connectivity index (χ1) is 15.0. The fourth-order valence-corrected chi connectivity index (χ4v) is 3.70. The fourth-order valence-electron chi connectivity index (χ4n) is 3.70. The van der Waals surface area contributed by atoms with Crippen LogP contribution in [-0.2, 0) is 19.1 Å². The number of benzene rings is 2. The summed E-state index contributed by atoms with van der Waals surface area (Å²) in [7, 11) is 1.24. The van der Waals surface area contributed by atoms with Crippen molar-refractivity contribution in [1.82, 2.24) is 5.32 Å². The highest BCUT2D eigenvalue weighted by Crippen LogP contribution is 2.44. The van der Waals surface area contributed by atoms with Crippen molar-refractivity contribution in [3.63, 3.8) is 0 Å². The van der Waals surface area contributed by atoms with Crippen LogP contribution in [0.3, 0.4) is 0 Å². The Hall–Kier alpha value is -3.61. The number of hydrogen-bond acceptors (Lipinski definition) is 5. The molecule has 2 aromatic carbocycles. The van der Waals surface area contributed by atoms with E-state index in [0.29, 0.717) is 6.42 Å². The maximum Gasteiger partial charge on any atom is 0.407 e. The van der Waals surface area contributed by atoms with Gasteiger partial charge in [-0.25, -0.2) is 9.59 Å². The zero-order chi connectivity index (χ0) is 22.2. The highest BCUT2D eigenvalue weighted by Gasteiger charge is 2.29. The molecule has 0 fully saturated rings. The average Bonchev–Trinajstić information content (AvgIpc) is 3.09. The summed E-state index contributed by atoms with van der Waals surface area (Å²) in [6.07, 6.45) is 3.11. The molecule has 1 aliphatic rings. The van der Waals surface area contributed by atoms with E-state index in [9.17, 15) is 14.4 Å². The number of allylic oxidation sites excluding steroid dienone is 1. The van der Waals surface area contributed by atoms with Crippen LogP contribution in [0.2, 0.25) is 0 Å². The Kier molecular flexibility index (Phi) is 7.43. The number of rotatable bonds is 9. The molecule has 1 amide bonds. The van der Waals surface area contributed by atoms with Gasteiger partial charge in [0.05, 0.1) is 7.11 Å². The van der Waals surface area contributed by atoms with Crippen LogP contribution in [0, 0.1) is 0 Å². The number of carbonyl (C=O) groups is 3. The number of alkyl carbamates (subject to hydrolysis) is 1. The molecular formula is C24H25NO6. The molecule has 0 radical (unpaired) electrons. The summed E-state index contributed by atoms with van der Waals surface area (Å²) in [6, 6.07) is 15.1. The van der Waals surface area contributed by atoms with Crippen LogP contribution in [0.4, 0.5) is 4.79 Å². The largest absolute Gasteiger partial charge is 0.481 e. The van der Waals surface area contributed by atoms with Crippen molar-refractivity contribution in [2.24, 2.45) is 0 Å². The molecule has 0 aliphatic heterocycles. The van der Waals surface area contributed by atoms with Gasteiger partial charge < -0.3 is 19.9 Å². The van der Waals surface area contributed by atoms with Gasteiger partial charge in [-0.05, 0) is 35.1 Å².